The van der Waals surface area contributed by atoms with Crippen LogP contribution >= 0.6 is 44.5 Å². The number of nitrogens with one attached hydrogen (secondary N) is 2. The third kappa shape index (κ3) is 8.04. The van der Waals surface area contributed by atoms with Crippen LogP contribution in [0.5, 0.6) is 0 Å². The van der Waals surface area contributed by atoms with Crippen LogP contribution in [0.25, 0.3) is 11.2 Å². The standard InChI is InChI=1S/C22H32IN10O18P3/c1-22(39)13(36)8(49-19(22)32-5-23-31(2)10-15(32)28-21(25)30-17(10)38)4-47-53(42,43)51-54(44,45)50-52(40,41)46-3-7-11(34)12(35)18(48-7)33-6-26-9-14(33)27-20(24)29-16(9)37/h5-8,11-13,18-19,34-36,39H,3-4H2,1-2H3,(H,40,41)(H,42,43)(H,44,45)(H3,24,27,29,37)(H3,25,28,30,38)/t7-,8-,11-,12-,13-,18?,19?,22-/m1/s1. The average Bonchev–Trinajstić information content (AvgIpc) is 3.65. The number of aliphatic hydroxyl groups is 4. The smallest absolute Gasteiger partial charge is 0.387 e. The van der Waals surface area contributed by atoms with Crippen LogP contribution in [0.2, 0.25) is 0 Å². The minimum atomic E-state index is -6.01. The van der Waals surface area contributed by atoms with Gasteiger partial charge < -0.3 is 59.2 Å². The Hall–Kier alpha value is -2.80. The number of aromatic amines is 2. The highest BCUT2D eigenvalue weighted by Gasteiger charge is 2.56. The van der Waals surface area contributed by atoms with E-state index in [1.54, 1.807) is 14.3 Å². The van der Waals surface area contributed by atoms with Crippen molar-refractivity contribution in [2.75, 3.05) is 39.7 Å². The zero-order chi connectivity index (χ0) is 39.7. The number of fused-ring (bicyclic) bond motifs is 2. The lowest BCUT2D eigenvalue weighted by Gasteiger charge is -2.37. The first-order valence-electron chi connectivity index (χ1n) is 14.9. The van der Waals surface area contributed by atoms with Gasteiger partial charge >= 0.3 is 23.5 Å². The van der Waals surface area contributed by atoms with Gasteiger partial charge in [0.15, 0.2) is 35.1 Å². The van der Waals surface area contributed by atoms with Gasteiger partial charge in [0.2, 0.25) is 11.9 Å². The number of aliphatic hydroxyl groups excluding tert-OH is 3. The monoisotopic (exact) mass is 944 g/mol. The van der Waals surface area contributed by atoms with Crippen LogP contribution in [0.15, 0.2) is 15.9 Å². The first-order chi connectivity index (χ1) is 25.0. The molecule has 32 heteroatoms. The summed E-state index contributed by atoms with van der Waals surface area (Å²) in [6.45, 7) is -1.03. The quantitative estimate of drug-likeness (QED) is 0.0484. The fourth-order valence-electron chi connectivity index (χ4n) is 5.56. The Kier molecular flexibility index (Phi) is 11.1. The lowest BCUT2D eigenvalue weighted by Crippen LogP contribution is -2.54. The van der Waals surface area contributed by atoms with E-state index in [-0.39, 0.29) is 34.6 Å². The van der Waals surface area contributed by atoms with Crippen molar-refractivity contribution in [2.45, 2.75) is 55.5 Å². The Morgan fingerprint density at radius 2 is 1.52 bits per heavy atom. The number of nitrogens with zero attached hydrogens (tertiary/aromatic N) is 6. The summed E-state index contributed by atoms with van der Waals surface area (Å²) in [4.78, 5) is 72.5. The summed E-state index contributed by atoms with van der Waals surface area (Å²) in [7, 11) is -15.8. The third-order valence-corrected chi connectivity index (χ3v) is 14.4. The molecule has 0 amide bonds. The molecule has 3 aliphatic heterocycles. The SMILES string of the molecule is CN1I=CN(C2O[C@H](COP(=O)(O)OP(=O)(O)OP(=O)(O)OC[C@H]3OC(n4cnc5c(=O)[nH]c(N)nc54)[C@H](O)[C@@H]3O)[C@@H](O)[C@@]2(C)O)c2nc(N)[nH]c(=O)c21. The molecule has 2 saturated heterocycles. The number of hydrogen-bond acceptors (Lipinski definition) is 22. The van der Waals surface area contributed by atoms with Crippen LogP contribution < -0.4 is 30.6 Å². The summed E-state index contributed by atoms with van der Waals surface area (Å²) < 4.78 is 70.5. The number of halogens is 1. The van der Waals surface area contributed by atoms with Crippen molar-refractivity contribution in [1.29, 1.82) is 0 Å². The van der Waals surface area contributed by atoms with Crippen LogP contribution in [0, 0.1) is 0 Å². The number of phosphoric acid groups is 3. The van der Waals surface area contributed by atoms with Crippen molar-refractivity contribution >= 4 is 83.2 Å². The topological polar surface area (TPSA) is 416 Å². The van der Waals surface area contributed by atoms with E-state index >= 15 is 0 Å². The first-order valence-corrected chi connectivity index (χ1v) is 21.6. The minimum absolute atomic E-state index is 0.0357. The summed E-state index contributed by atoms with van der Waals surface area (Å²) in [5.41, 5.74) is 7.51. The Balaban J connectivity index is 1.05. The van der Waals surface area contributed by atoms with Gasteiger partial charge in [0.1, 0.15) is 36.1 Å². The van der Waals surface area contributed by atoms with Crippen LogP contribution in [0.4, 0.5) is 23.4 Å². The van der Waals surface area contributed by atoms with E-state index in [2.05, 4.69) is 42.6 Å². The molecule has 54 heavy (non-hydrogen) atoms. The lowest BCUT2D eigenvalue weighted by atomic mass is 9.96. The Labute approximate surface area is 310 Å². The summed E-state index contributed by atoms with van der Waals surface area (Å²) in [6, 6.07) is 0. The summed E-state index contributed by atoms with van der Waals surface area (Å²) in [5, 5.41) is 43.0. The highest BCUT2D eigenvalue weighted by molar-refractivity contribution is 14.2. The lowest BCUT2D eigenvalue weighted by molar-refractivity contribution is -0.0594. The van der Waals surface area contributed by atoms with E-state index in [1.807, 2.05) is 0 Å². The molecule has 3 aromatic heterocycles. The van der Waals surface area contributed by atoms with E-state index in [4.69, 9.17) is 20.9 Å². The Morgan fingerprint density at radius 1 is 0.926 bits per heavy atom. The van der Waals surface area contributed by atoms with E-state index in [0.717, 1.165) is 17.8 Å². The van der Waals surface area contributed by atoms with Crippen molar-refractivity contribution in [1.82, 2.24) is 29.5 Å². The number of aromatic nitrogens is 6. The molecule has 6 heterocycles. The Bertz CT molecular complexity index is 2240. The van der Waals surface area contributed by atoms with Crippen molar-refractivity contribution in [3.8, 4) is 0 Å². The number of hydrogen-bond donors (Lipinski definition) is 11. The molecule has 300 valence electrons. The van der Waals surface area contributed by atoms with E-state index in [0.29, 0.717) is 0 Å². The van der Waals surface area contributed by atoms with E-state index < -0.39 is 117 Å². The number of H-pyrrole nitrogens is 2. The molecule has 5 unspecified atom stereocenters. The maximum Gasteiger partial charge on any atom is 0.490 e. The van der Waals surface area contributed by atoms with Gasteiger partial charge in [-0.25, -0.2) is 18.7 Å². The molecule has 6 rings (SSSR count). The maximum atomic E-state index is 12.6. The first kappa shape index (κ1) is 40.9. The number of phosphoric ester groups is 2. The van der Waals surface area contributed by atoms with Gasteiger partial charge in [-0.1, -0.05) is 0 Å². The largest absolute Gasteiger partial charge is 0.490 e. The molecule has 3 aliphatic rings. The summed E-state index contributed by atoms with van der Waals surface area (Å²) >= 11 is -1.03. The normalized spacial score (nSPS) is 31.8. The predicted octanol–water partition coefficient (Wildman–Crippen LogP) is -3.21. The number of nitrogens with two attached hydrogens (primary N) is 2. The highest BCUT2D eigenvalue weighted by atomic mass is 127. The molecular weight excluding hydrogens is 912 g/mol. The summed E-state index contributed by atoms with van der Waals surface area (Å²) in [6.07, 6.45) is -10.6. The maximum absolute atomic E-state index is 12.6. The molecule has 11 atom stereocenters. The van der Waals surface area contributed by atoms with Gasteiger partial charge in [0, 0.05) is 28.1 Å². The number of nitrogen functional groups attached to an aromatic ring is 2. The molecular formula is C22H32IN10O18P3. The van der Waals surface area contributed by atoms with Crippen LogP contribution in [0.1, 0.15) is 13.2 Å². The second kappa shape index (κ2) is 14.6. The molecule has 3 aromatic rings. The summed E-state index contributed by atoms with van der Waals surface area (Å²) in [5.74, 6) is -0.612. The van der Waals surface area contributed by atoms with Crippen LogP contribution in [-0.4, -0.2) is 131 Å². The van der Waals surface area contributed by atoms with Crippen LogP contribution in [-0.2, 0) is 40.8 Å². The van der Waals surface area contributed by atoms with E-state index in [9.17, 15) is 58.4 Å². The van der Waals surface area contributed by atoms with Crippen molar-refractivity contribution in [3.63, 3.8) is 0 Å². The number of rotatable bonds is 12. The molecule has 0 spiro atoms. The van der Waals surface area contributed by atoms with Crippen molar-refractivity contribution in [3.05, 3.63) is 27.0 Å². The van der Waals surface area contributed by atoms with Gasteiger partial charge in [-0.3, -0.25) is 38.1 Å². The second-order valence-electron chi connectivity index (χ2n) is 11.9. The fourth-order valence-corrected chi connectivity index (χ4v) is 11.0. The molecule has 0 bridgehead atoms. The third-order valence-electron chi connectivity index (χ3n) is 8.03. The molecule has 0 aliphatic carbocycles. The van der Waals surface area contributed by atoms with Gasteiger partial charge in [0.05, 0.1) is 23.7 Å². The second-order valence-corrected chi connectivity index (χ2v) is 19.1. The van der Waals surface area contributed by atoms with E-state index in [1.165, 1.54) is 4.90 Å². The van der Waals surface area contributed by atoms with Crippen LogP contribution in [0.3, 0.4) is 0 Å². The molecule has 13 N–H and O–H groups in total. The van der Waals surface area contributed by atoms with Crippen molar-refractivity contribution in [2.24, 2.45) is 0 Å². The predicted molar refractivity (Wildman–Crippen MR) is 188 cm³/mol. The number of ether oxygens (including phenoxy) is 2. The molecule has 28 nitrogen and oxygen atoms in total. The fraction of sp³-hybridized carbons (Fsp3) is 0.545. The zero-order valence-corrected chi connectivity index (χ0v) is 32.1. The Morgan fingerprint density at radius 3 is 2.17 bits per heavy atom. The van der Waals surface area contributed by atoms with Gasteiger partial charge in [-0.05, 0) is 6.92 Å². The molecule has 0 radical (unpaired) electrons. The molecule has 2 fully saturated rings. The molecule has 0 saturated carbocycles. The van der Waals surface area contributed by atoms with Gasteiger partial charge in [-0.15, -0.1) is 0 Å². The van der Waals surface area contributed by atoms with Gasteiger partial charge in [-0.2, -0.15) is 18.6 Å². The average molecular weight is 944 g/mol. The number of anilines is 4. The number of imidazole rings is 1. The van der Waals surface area contributed by atoms with Gasteiger partial charge in [0.25, 0.3) is 11.1 Å². The molecule has 0 aromatic carbocycles. The highest BCUT2D eigenvalue weighted by Crippen LogP contribution is 2.68. The zero-order valence-electron chi connectivity index (χ0n) is 27.3. The van der Waals surface area contributed by atoms with Crippen molar-refractivity contribution < 1.29 is 75.9 Å². The minimum Gasteiger partial charge on any atom is -0.387 e.